The van der Waals surface area contributed by atoms with Gasteiger partial charge in [-0.15, -0.1) is 0 Å². The average Bonchev–Trinajstić information content (AvgIpc) is 3.25. The highest BCUT2D eigenvalue weighted by Gasteiger charge is 2.52. The number of amides is 4. The molecular formula is C32H43FN4O6. The van der Waals surface area contributed by atoms with Crippen LogP contribution in [-0.2, 0) is 32.2 Å². The van der Waals surface area contributed by atoms with Crippen LogP contribution in [0.15, 0.2) is 30.4 Å². The molecule has 0 bridgehead atoms. The molecule has 3 aliphatic heterocycles. The van der Waals surface area contributed by atoms with Crippen LogP contribution in [0.3, 0.4) is 0 Å². The molecule has 1 saturated heterocycles. The maximum atomic E-state index is 14.3. The van der Waals surface area contributed by atoms with Crippen molar-refractivity contribution in [1.29, 1.82) is 0 Å². The molecule has 1 aromatic carbocycles. The third-order valence-electron chi connectivity index (χ3n) is 8.73. The number of nitrogens with one attached hydrogen (secondary N) is 2. The molecule has 2 N–H and O–H groups in total. The molecule has 5 atom stereocenters. The van der Waals surface area contributed by atoms with Gasteiger partial charge in [0.1, 0.15) is 29.6 Å². The number of benzene rings is 1. The summed E-state index contributed by atoms with van der Waals surface area (Å²) in [6, 6.07) is 2.97. The van der Waals surface area contributed by atoms with Crippen molar-refractivity contribution in [3.05, 3.63) is 47.3 Å². The number of ether oxygens (including phenoxy) is 2. The van der Waals surface area contributed by atoms with Crippen LogP contribution in [0.5, 0.6) is 0 Å². The van der Waals surface area contributed by atoms with Crippen LogP contribution in [0.2, 0.25) is 0 Å². The van der Waals surface area contributed by atoms with E-state index in [-0.39, 0.29) is 43.7 Å². The Kier molecular flexibility index (Phi) is 8.72. The van der Waals surface area contributed by atoms with Crippen molar-refractivity contribution in [2.24, 2.45) is 5.92 Å². The monoisotopic (exact) mass is 598 g/mol. The van der Waals surface area contributed by atoms with Gasteiger partial charge < -0.3 is 25.0 Å². The quantitative estimate of drug-likeness (QED) is 0.483. The second-order valence-corrected chi connectivity index (χ2v) is 13.5. The highest BCUT2D eigenvalue weighted by molar-refractivity contribution is 5.92. The summed E-state index contributed by atoms with van der Waals surface area (Å²) in [6.07, 6.45) is 7.00. The number of rotatable bonds is 2. The molecule has 4 aliphatic rings. The van der Waals surface area contributed by atoms with Crippen molar-refractivity contribution >= 4 is 24.0 Å². The number of fused-ring (bicyclic) bond motifs is 3. The largest absolute Gasteiger partial charge is 0.444 e. The van der Waals surface area contributed by atoms with Crippen molar-refractivity contribution < 1.29 is 33.0 Å². The average molecular weight is 599 g/mol. The Morgan fingerprint density at radius 2 is 1.93 bits per heavy atom. The third-order valence-corrected chi connectivity index (χ3v) is 8.73. The van der Waals surface area contributed by atoms with Gasteiger partial charge in [-0.3, -0.25) is 14.5 Å². The molecule has 0 aromatic heterocycles. The van der Waals surface area contributed by atoms with Crippen LogP contribution in [0.25, 0.3) is 0 Å². The summed E-state index contributed by atoms with van der Waals surface area (Å²) in [5.74, 6) is -0.871. The second-order valence-electron chi connectivity index (χ2n) is 13.5. The van der Waals surface area contributed by atoms with Gasteiger partial charge in [0.25, 0.3) is 0 Å². The third kappa shape index (κ3) is 7.30. The van der Waals surface area contributed by atoms with Gasteiger partial charge in [-0.1, -0.05) is 37.1 Å². The van der Waals surface area contributed by atoms with Crippen LogP contribution in [0, 0.1) is 11.7 Å². The lowest BCUT2D eigenvalue weighted by atomic mass is 10.0. The van der Waals surface area contributed by atoms with Gasteiger partial charge in [0, 0.05) is 30.0 Å². The summed E-state index contributed by atoms with van der Waals surface area (Å²) in [6.45, 7) is 7.55. The molecule has 234 valence electrons. The van der Waals surface area contributed by atoms with Crippen molar-refractivity contribution in [1.82, 2.24) is 20.4 Å². The SMILES string of the molecule is CC(C)(C)OC(=O)N[C@H]1CCCCC/C=C\[C@@H]2C[C@@]2(C)NC(=O)[C@@H]2C[C@@H](OC(=O)N3Cc4cccc(F)c4C3)CN2C1=O. The molecule has 0 spiro atoms. The molecule has 2 fully saturated rings. The van der Waals surface area contributed by atoms with E-state index in [2.05, 4.69) is 22.8 Å². The summed E-state index contributed by atoms with van der Waals surface area (Å²) in [7, 11) is 0. The minimum absolute atomic E-state index is 0.00432. The normalized spacial score (nSPS) is 30.2. The van der Waals surface area contributed by atoms with E-state index < -0.39 is 47.4 Å². The minimum Gasteiger partial charge on any atom is -0.444 e. The lowest BCUT2D eigenvalue weighted by Gasteiger charge is -2.30. The predicted octanol–water partition coefficient (Wildman–Crippen LogP) is 4.56. The number of allylic oxidation sites excluding steroid dienone is 1. The summed E-state index contributed by atoms with van der Waals surface area (Å²) >= 11 is 0. The Morgan fingerprint density at radius 3 is 2.67 bits per heavy atom. The molecule has 10 nitrogen and oxygen atoms in total. The first-order valence-corrected chi connectivity index (χ1v) is 15.3. The standard InChI is InChI=1S/C32H43FN4O6/c1-31(2,3)43-29(40)34-25-14-9-7-5-6-8-12-21-16-32(21,4)35-27(38)26-15-22(18-37(26)28(25)39)42-30(41)36-17-20-11-10-13-24(33)23(20)19-36/h8,10-13,21-22,25-26H,5-7,9,14-19H2,1-4H3,(H,34,40)(H,35,38)/b12-8-/t21-,22-,25+,26+,32-/m1/s1. The topological polar surface area (TPSA) is 117 Å². The molecule has 5 rings (SSSR count). The van der Waals surface area contributed by atoms with Gasteiger partial charge in [-0.25, -0.2) is 14.0 Å². The van der Waals surface area contributed by atoms with Crippen molar-refractivity contribution in [2.45, 2.75) is 115 Å². The second kappa shape index (κ2) is 12.2. The number of hydrogen-bond donors (Lipinski definition) is 2. The van der Waals surface area contributed by atoms with E-state index >= 15 is 0 Å². The van der Waals surface area contributed by atoms with Crippen molar-refractivity contribution in [2.75, 3.05) is 6.54 Å². The molecule has 1 aliphatic carbocycles. The van der Waals surface area contributed by atoms with E-state index in [1.54, 1.807) is 32.9 Å². The number of carbonyl (C=O) groups excluding carboxylic acids is 4. The van der Waals surface area contributed by atoms with Crippen LogP contribution < -0.4 is 10.6 Å². The van der Waals surface area contributed by atoms with E-state index in [1.165, 1.54) is 15.9 Å². The predicted molar refractivity (Wildman–Crippen MR) is 156 cm³/mol. The van der Waals surface area contributed by atoms with Gasteiger partial charge in [0.05, 0.1) is 13.1 Å². The minimum atomic E-state index is -0.902. The van der Waals surface area contributed by atoms with E-state index in [0.717, 1.165) is 31.2 Å². The smallest absolute Gasteiger partial charge is 0.410 e. The van der Waals surface area contributed by atoms with Gasteiger partial charge >= 0.3 is 12.2 Å². The summed E-state index contributed by atoms with van der Waals surface area (Å²) in [5.41, 5.74) is 0.0354. The van der Waals surface area contributed by atoms with E-state index in [4.69, 9.17) is 9.47 Å². The summed E-state index contributed by atoms with van der Waals surface area (Å²) in [5, 5.41) is 5.87. The molecule has 0 unspecified atom stereocenters. The van der Waals surface area contributed by atoms with Crippen LogP contribution >= 0.6 is 0 Å². The van der Waals surface area contributed by atoms with Crippen LogP contribution in [-0.4, -0.2) is 69.7 Å². The zero-order chi connectivity index (χ0) is 30.9. The van der Waals surface area contributed by atoms with E-state index in [0.29, 0.717) is 18.4 Å². The Bertz CT molecular complexity index is 1290. The molecule has 43 heavy (non-hydrogen) atoms. The first-order chi connectivity index (χ1) is 20.3. The number of carbonyl (C=O) groups is 4. The van der Waals surface area contributed by atoms with Crippen molar-refractivity contribution in [3.63, 3.8) is 0 Å². The molecule has 3 heterocycles. The van der Waals surface area contributed by atoms with Gasteiger partial charge in [0.2, 0.25) is 11.8 Å². The van der Waals surface area contributed by atoms with E-state index in [9.17, 15) is 23.6 Å². The van der Waals surface area contributed by atoms with E-state index in [1.807, 2.05) is 6.92 Å². The highest BCUT2D eigenvalue weighted by Crippen LogP contribution is 2.44. The van der Waals surface area contributed by atoms with Crippen LogP contribution in [0.1, 0.15) is 83.8 Å². The lowest BCUT2D eigenvalue weighted by Crippen LogP contribution is -2.55. The fourth-order valence-electron chi connectivity index (χ4n) is 6.24. The fourth-order valence-corrected chi connectivity index (χ4v) is 6.24. The molecule has 11 heteroatoms. The molecule has 0 radical (unpaired) electrons. The number of hydrogen-bond acceptors (Lipinski definition) is 6. The Balaban J connectivity index is 1.33. The molecular weight excluding hydrogens is 555 g/mol. The Morgan fingerprint density at radius 1 is 1.14 bits per heavy atom. The highest BCUT2D eigenvalue weighted by atomic mass is 19.1. The van der Waals surface area contributed by atoms with Gasteiger partial charge in [-0.05, 0) is 65.0 Å². The molecule has 4 amide bonds. The van der Waals surface area contributed by atoms with Crippen LogP contribution in [0.4, 0.5) is 14.0 Å². The summed E-state index contributed by atoms with van der Waals surface area (Å²) in [4.78, 5) is 56.4. The maximum absolute atomic E-state index is 14.3. The first-order valence-electron chi connectivity index (χ1n) is 15.3. The molecule has 1 aromatic rings. The fraction of sp³-hybridized carbons (Fsp3) is 0.625. The summed E-state index contributed by atoms with van der Waals surface area (Å²) < 4.78 is 25.5. The molecule has 1 saturated carbocycles. The van der Waals surface area contributed by atoms with Gasteiger partial charge in [-0.2, -0.15) is 0 Å². The first kappa shape index (κ1) is 30.8. The number of halogens is 1. The Labute approximate surface area is 252 Å². The Hall–Kier alpha value is -3.63. The zero-order valence-corrected chi connectivity index (χ0v) is 25.5. The number of nitrogens with zero attached hydrogens (tertiary/aromatic N) is 2. The zero-order valence-electron chi connectivity index (χ0n) is 25.5. The lowest BCUT2D eigenvalue weighted by molar-refractivity contribution is -0.140. The number of alkyl carbamates (subject to hydrolysis) is 1. The van der Waals surface area contributed by atoms with Gasteiger partial charge in [0.15, 0.2) is 0 Å². The maximum Gasteiger partial charge on any atom is 0.410 e. The van der Waals surface area contributed by atoms with Crippen molar-refractivity contribution in [3.8, 4) is 0 Å².